The van der Waals surface area contributed by atoms with E-state index < -0.39 is 12.0 Å². The van der Waals surface area contributed by atoms with Crippen LogP contribution in [0.15, 0.2) is 47.1 Å². The summed E-state index contributed by atoms with van der Waals surface area (Å²) in [6, 6.07) is 8.67. The highest BCUT2D eigenvalue weighted by Crippen LogP contribution is 2.12. The quantitative estimate of drug-likeness (QED) is 0.499. The fourth-order valence-corrected chi connectivity index (χ4v) is 2.82. The predicted octanol–water partition coefficient (Wildman–Crippen LogP) is 2.17. The van der Waals surface area contributed by atoms with Gasteiger partial charge in [-0.1, -0.05) is 12.1 Å². The number of rotatable bonds is 12. The van der Waals surface area contributed by atoms with E-state index in [0.717, 1.165) is 5.56 Å². The number of hydrogen-bond acceptors (Lipinski definition) is 6. The van der Waals surface area contributed by atoms with Gasteiger partial charge in [0.1, 0.15) is 24.7 Å². The maximum atomic E-state index is 13.3. The van der Waals surface area contributed by atoms with E-state index in [1.165, 1.54) is 35.3 Å². The molecule has 0 saturated carbocycles. The molecule has 1 heterocycles. The monoisotopic (exact) mass is 449 g/mol. The first kappa shape index (κ1) is 24.9. The summed E-state index contributed by atoms with van der Waals surface area (Å²) >= 11 is 0. The normalized spacial score (nSPS) is 10.5. The third kappa shape index (κ3) is 8.38. The van der Waals surface area contributed by atoms with E-state index in [2.05, 4.69) is 5.32 Å². The Morgan fingerprint density at radius 1 is 1.09 bits per heavy atom. The fraction of sp³-hybridized carbons (Fsp3) is 0.409. The van der Waals surface area contributed by atoms with Crippen molar-refractivity contribution in [3.63, 3.8) is 0 Å². The van der Waals surface area contributed by atoms with Gasteiger partial charge in [0.25, 0.3) is 0 Å². The van der Waals surface area contributed by atoms with Crippen LogP contribution < -0.4 is 5.32 Å². The Hall–Kier alpha value is -3.40. The van der Waals surface area contributed by atoms with Crippen LogP contribution in [0.2, 0.25) is 0 Å². The molecule has 10 heteroatoms. The number of amides is 3. The molecule has 2 aromatic rings. The van der Waals surface area contributed by atoms with Crippen molar-refractivity contribution in [2.24, 2.45) is 0 Å². The molecule has 1 N–H and O–H groups in total. The van der Waals surface area contributed by atoms with Crippen molar-refractivity contribution in [1.82, 2.24) is 15.1 Å². The molecular weight excluding hydrogens is 421 g/mol. The van der Waals surface area contributed by atoms with Gasteiger partial charge >= 0.3 is 12.0 Å². The van der Waals surface area contributed by atoms with Crippen LogP contribution in [0.3, 0.4) is 0 Å². The number of nitrogens with one attached hydrogen (secondary N) is 1. The van der Waals surface area contributed by atoms with Gasteiger partial charge in [0.15, 0.2) is 0 Å². The number of carbonyl (C=O) groups excluding carboxylic acids is 3. The molecule has 0 unspecified atom stereocenters. The SMILES string of the molecule is CCOC(=O)CNC(=O)N(CCOC)CC(=O)N(Cc1ccc(F)cc1)Cc1ccco1. The first-order chi connectivity index (χ1) is 15.4. The maximum absolute atomic E-state index is 13.3. The standard InChI is InChI=1S/C22H28FN3O6/c1-3-31-21(28)13-24-22(29)25(10-12-30-2)16-20(27)26(15-19-5-4-11-32-19)14-17-6-8-18(23)9-7-17/h4-9,11H,3,10,12-16H2,1-2H3,(H,24,29). The van der Waals surface area contributed by atoms with Gasteiger partial charge in [0, 0.05) is 20.2 Å². The Morgan fingerprint density at radius 3 is 2.47 bits per heavy atom. The predicted molar refractivity (Wildman–Crippen MR) is 113 cm³/mol. The van der Waals surface area contributed by atoms with E-state index >= 15 is 0 Å². The average molecular weight is 449 g/mol. The highest BCUT2D eigenvalue weighted by Gasteiger charge is 2.23. The van der Waals surface area contributed by atoms with Gasteiger partial charge < -0.3 is 29.0 Å². The third-order valence-corrected chi connectivity index (χ3v) is 4.43. The molecule has 1 aromatic carbocycles. The summed E-state index contributed by atoms with van der Waals surface area (Å²) in [6.45, 7) is 2.02. The van der Waals surface area contributed by atoms with E-state index in [-0.39, 0.29) is 57.7 Å². The summed E-state index contributed by atoms with van der Waals surface area (Å²) in [5.74, 6) is -0.736. The molecule has 2 rings (SSSR count). The van der Waals surface area contributed by atoms with Crippen LogP contribution in [-0.4, -0.2) is 67.7 Å². The molecule has 0 fully saturated rings. The number of nitrogens with zero attached hydrogens (tertiary/aromatic N) is 2. The largest absolute Gasteiger partial charge is 0.467 e. The number of esters is 1. The molecule has 0 bridgehead atoms. The van der Waals surface area contributed by atoms with Gasteiger partial charge in [-0.2, -0.15) is 0 Å². The highest BCUT2D eigenvalue weighted by atomic mass is 19.1. The molecule has 0 aliphatic heterocycles. The second kappa shape index (κ2) is 13.1. The number of halogens is 1. The van der Waals surface area contributed by atoms with E-state index in [9.17, 15) is 18.8 Å². The van der Waals surface area contributed by atoms with Crippen LogP contribution in [0.25, 0.3) is 0 Å². The summed E-state index contributed by atoms with van der Waals surface area (Å²) in [6.07, 6.45) is 1.50. The number of furan rings is 1. The van der Waals surface area contributed by atoms with Crippen LogP contribution in [0.4, 0.5) is 9.18 Å². The third-order valence-electron chi connectivity index (χ3n) is 4.43. The van der Waals surface area contributed by atoms with Crippen LogP contribution in [-0.2, 0) is 32.2 Å². The number of urea groups is 1. The lowest BCUT2D eigenvalue weighted by Gasteiger charge is -2.27. The topological polar surface area (TPSA) is 101 Å². The van der Waals surface area contributed by atoms with Gasteiger partial charge in [-0.15, -0.1) is 0 Å². The second-order valence-electron chi connectivity index (χ2n) is 6.83. The van der Waals surface area contributed by atoms with Crippen LogP contribution >= 0.6 is 0 Å². The van der Waals surface area contributed by atoms with E-state index in [1.54, 1.807) is 31.2 Å². The molecular formula is C22H28FN3O6. The smallest absolute Gasteiger partial charge is 0.325 e. The number of carbonyl (C=O) groups is 3. The molecule has 0 aliphatic rings. The molecule has 174 valence electrons. The minimum atomic E-state index is -0.594. The van der Waals surface area contributed by atoms with Gasteiger partial charge in [0.05, 0.1) is 26.0 Å². The highest BCUT2D eigenvalue weighted by molar-refractivity contribution is 5.86. The van der Waals surface area contributed by atoms with E-state index in [0.29, 0.717) is 5.76 Å². The number of hydrogen-bond donors (Lipinski definition) is 1. The molecule has 0 saturated heterocycles. The molecule has 1 aromatic heterocycles. The Balaban J connectivity index is 2.09. The number of methoxy groups -OCH3 is 1. The lowest BCUT2D eigenvalue weighted by Crippen LogP contribution is -2.48. The zero-order chi connectivity index (χ0) is 23.3. The Morgan fingerprint density at radius 2 is 1.84 bits per heavy atom. The molecule has 0 spiro atoms. The van der Waals surface area contributed by atoms with Crippen molar-refractivity contribution < 1.29 is 32.7 Å². The van der Waals surface area contributed by atoms with E-state index in [4.69, 9.17) is 13.9 Å². The minimum absolute atomic E-state index is 0.141. The molecule has 0 aliphatic carbocycles. The number of benzene rings is 1. The molecule has 32 heavy (non-hydrogen) atoms. The lowest BCUT2D eigenvalue weighted by molar-refractivity contribution is -0.141. The Bertz CT molecular complexity index is 857. The number of ether oxygens (including phenoxy) is 2. The van der Waals surface area contributed by atoms with Crippen molar-refractivity contribution in [3.8, 4) is 0 Å². The second-order valence-corrected chi connectivity index (χ2v) is 6.83. The Kier molecular flexibility index (Phi) is 10.2. The zero-order valence-electron chi connectivity index (χ0n) is 18.2. The van der Waals surface area contributed by atoms with Crippen molar-refractivity contribution in [2.45, 2.75) is 20.0 Å². The maximum Gasteiger partial charge on any atom is 0.325 e. The van der Waals surface area contributed by atoms with Gasteiger partial charge in [-0.3, -0.25) is 9.59 Å². The average Bonchev–Trinajstić information content (AvgIpc) is 3.29. The van der Waals surface area contributed by atoms with Crippen LogP contribution in [0, 0.1) is 5.82 Å². The Labute approximate surface area is 186 Å². The first-order valence-corrected chi connectivity index (χ1v) is 10.1. The fourth-order valence-electron chi connectivity index (χ4n) is 2.82. The lowest BCUT2D eigenvalue weighted by atomic mass is 10.2. The summed E-state index contributed by atoms with van der Waals surface area (Å²) in [7, 11) is 1.48. The molecule has 0 atom stereocenters. The van der Waals surface area contributed by atoms with Crippen molar-refractivity contribution in [2.75, 3.05) is 40.0 Å². The molecule has 9 nitrogen and oxygen atoms in total. The van der Waals surface area contributed by atoms with Gasteiger partial charge in [0.2, 0.25) is 5.91 Å². The summed E-state index contributed by atoms with van der Waals surface area (Å²) in [5.41, 5.74) is 0.724. The summed E-state index contributed by atoms with van der Waals surface area (Å²) < 4.78 is 28.4. The van der Waals surface area contributed by atoms with Gasteiger partial charge in [-0.25, -0.2) is 9.18 Å². The summed E-state index contributed by atoms with van der Waals surface area (Å²) in [5, 5.41) is 2.45. The van der Waals surface area contributed by atoms with Crippen LogP contribution in [0.5, 0.6) is 0 Å². The van der Waals surface area contributed by atoms with Crippen molar-refractivity contribution in [1.29, 1.82) is 0 Å². The van der Waals surface area contributed by atoms with Crippen molar-refractivity contribution >= 4 is 17.9 Å². The van der Waals surface area contributed by atoms with E-state index in [1.807, 2.05) is 0 Å². The molecule has 0 radical (unpaired) electrons. The zero-order valence-corrected chi connectivity index (χ0v) is 18.2. The molecule has 3 amide bonds. The minimum Gasteiger partial charge on any atom is -0.467 e. The first-order valence-electron chi connectivity index (χ1n) is 10.1. The van der Waals surface area contributed by atoms with Crippen molar-refractivity contribution in [3.05, 3.63) is 59.8 Å². The summed E-state index contributed by atoms with van der Waals surface area (Å²) in [4.78, 5) is 40.0. The van der Waals surface area contributed by atoms with Gasteiger partial charge in [-0.05, 0) is 36.8 Å². The van der Waals surface area contributed by atoms with Crippen LogP contribution in [0.1, 0.15) is 18.2 Å².